The first-order valence-electron chi connectivity index (χ1n) is 4.71. The van der Waals surface area contributed by atoms with Crippen LogP contribution in [-0.4, -0.2) is 6.54 Å². The molecule has 0 aliphatic rings. The molecule has 1 atom stereocenters. The van der Waals surface area contributed by atoms with Gasteiger partial charge in [0.2, 0.25) is 0 Å². The SMILES string of the molecule is C=CCC(CN)Cc1ccccc1. The molecule has 0 saturated carbocycles. The van der Waals surface area contributed by atoms with Gasteiger partial charge in [0, 0.05) is 0 Å². The molecule has 1 unspecified atom stereocenters. The average Bonchev–Trinajstić information content (AvgIpc) is 2.19. The Morgan fingerprint density at radius 3 is 2.54 bits per heavy atom. The molecule has 13 heavy (non-hydrogen) atoms. The zero-order chi connectivity index (χ0) is 9.52. The summed E-state index contributed by atoms with van der Waals surface area (Å²) in [5, 5.41) is 0. The first kappa shape index (κ1) is 10.0. The molecule has 1 aromatic rings. The minimum atomic E-state index is 0.542. The maximum absolute atomic E-state index is 5.66. The van der Waals surface area contributed by atoms with Gasteiger partial charge in [-0.15, -0.1) is 6.58 Å². The van der Waals surface area contributed by atoms with Gasteiger partial charge in [0.05, 0.1) is 0 Å². The largest absolute Gasteiger partial charge is 0.330 e. The number of hydrogen-bond donors (Lipinski definition) is 1. The van der Waals surface area contributed by atoms with Crippen LogP contribution in [-0.2, 0) is 6.42 Å². The fraction of sp³-hybridized carbons (Fsp3) is 0.333. The maximum Gasteiger partial charge on any atom is -0.00427 e. The van der Waals surface area contributed by atoms with Crippen molar-refractivity contribution >= 4 is 0 Å². The monoisotopic (exact) mass is 175 g/mol. The van der Waals surface area contributed by atoms with Crippen LogP contribution in [0.2, 0.25) is 0 Å². The van der Waals surface area contributed by atoms with E-state index in [4.69, 9.17) is 5.73 Å². The molecular weight excluding hydrogens is 158 g/mol. The molecule has 0 saturated heterocycles. The van der Waals surface area contributed by atoms with Crippen molar-refractivity contribution in [2.24, 2.45) is 11.7 Å². The summed E-state index contributed by atoms with van der Waals surface area (Å²) in [7, 11) is 0. The zero-order valence-electron chi connectivity index (χ0n) is 7.95. The maximum atomic E-state index is 5.66. The number of benzene rings is 1. The molecule has 0 fully saturated rings. The van der Waals surface area contributed by atoms with Gasteiger partial charge < -0.3 is 5.73 Å². The summed E-state index contributed by atoms with van der Waals surface area (Å²) in [6.07, 6.45) is 4.01. The molecule has 0 heterocycles. The predicted octanol–water partition coefficient (Wildman–Crippen LogP) is 2.38. The van der Waals surface area contributed by atoms with Crippen molar-refractivity contribution in [3.05, 3.63) is 48.6 Å². The highest BCUT2D eigenvalue weighted by molar-refractivity contribution is 5.15. The molecule has 0 aliphatic carbocycles. The molecule has 0 spiro atoms. The summed E-state index contributed by atoms with van der Waals surface area (Å²) in [4.78, 5) is 0. The smallest absolute Gasteiger partial charge is 0.00427 e. The van der Waals surface area contributed by atoms with Gasteiger partial charge in [-0.25, -0.2) is 0 Å². The highest BCUT2D eigenvalue weighted by atomic mass is 14.5. The van der Waals surface area contributed by atoms with Crippen LogP contribution in [0.3, 0.4) is 0 Å². The number of allylic oxidation sites excluding steroid dienone is 1. The second-order valence-electron chi connectivity index (χ2n) is 3.32. The van der Waals surface area contributed by atoms with Crippen LogP contribution in [0.25, 0.3) is 0 Å². The van der Waals surface area contributed by atoms with E-state index >= 15 is 0 Å². The van der Waals surface area contributed by atoms with E-state index in [2.05, 4.69) is 30.8 Å². The highest BCUT2D eigenvalue weighted by Crippen LogP contribution is 2.11. The minimum absolute atomic E-state index is 0.542. The van der Waals surface area contributed by atoms with Crippen molar-refractivity contribution in [1.82, 2.24) is 0 Å². The van der Waals surface area contributed by atoms with Crippen LogP contribution in [0.5, 0.6) is 0 Å². The fourth-order valence-electron chi connectivity index (χ4n) is 1.45. The molecule has 0 amide bonds. The lowest BCUT2D eigenvalue weighted by atomic mass is 9.96. The zero-order valence-corrected chi connectivity index (χ0v) is 7.95. The van der Waals surface area contributed by atoms with Crippen molar-refractivity contribution in [1.29, 1.82) is 0 Å². The van der Waals surface area contributed by atoms with Gasteiger partial charge in [-0.2, -0.15) is 0 Å². The first-order chi connectivity index (χ1) is 6.36. The summed E-state index contributed by atoms with van der Waals surface area (Å²) >= 11 is 0. The van der Waals surface area contributed by atoms with Crippen LogP contribution in [0.15, 0.2) is 43.0 Å². The van der Waals surface area contributed by atoms with E-state index in [1.54, 1.807) is 0 Å². The molecule has 1 heteroatoms. The van der Waals surface area contributed by atoms with Crippen molar-refractivity contribution in [3.63, 3.8) is 0 Å². The second kappa shape index (κ2) is 5.55. The van der Waals surface area contributed by atoms with Crippen molar-refractivity contribution in [3.8, 4) is 0 Å². The van der Waals surface area contributed by atoms with Crippen molar-refractivity contribution in [2.75, 3.05) is 6.54 Å². The summed E-state index contributed by atoms with van der Waals surface area (Å²) in [6.45, 7) is 4.47. The van der Waals surface area contributed by atoms with E-state index in [1.165, 1.54) is 5.56 Å². The lowest BCUT2D eigenvalue weighted by Gasteiger charge is -2.11. The summed E-state index contributed by atoms with van der Waals surface area (Å²) in [6, 6.07) is 10.5. The van der Waals surface area contributed by atoms with Gasteiger partial charge in [0.25, 0.3) is 0 Å². The van der Waals surface area contributed by atoms with Gasteiger partial charge >= 0.3 is 0 Å². The van der Waals surface area contributed by atoms with E-state index in [-0.39, 0.29) is 0 Å². The molecule has 70 valence electrons. The standard InChI is InChI=1S/C12H17N/c1-2-6-12(10-13)9-11-7-4-3-5-8-11/h2-5,7-8,12H,1,6,9-10,13H2. The van der Waals surface area contributed by atoms with E-state index < -0.39 is 0 Å². The third-order valence-electron chi connectivity index (χ3n) is 2.20. The topological polar surface area (TPSA) is 26.0 Å². The van der Waals surface area contributed by atoms with Gasteiger partial charge in [-0.3, -0.25) is 0 Å². The Labute approximate surface area is 80.3 Å². The normalized spacial score (nSPS) is 12.4. The highest BCUT2D eigenvalue weighted by Gasteiger charge is 2.04. The van der Waals surface area contributed by atoms with E-state index in [1.807, 2.05) is 12.1 Å². The molecule has 0 aliphatic heterocycles. The molecule has 1 nitrogen and oxygen atoms in total. The molecule has 2 N–H and O–H groups in total. The van der Waals surface area contributed by atoms with Crippen molar-refractivity contribution < 1.29 is 0 Å². The van der Waals surface area contributed by atoms with Crippen LogP contribution in [0.1, 0.15) is 12.0 Å². The number of rotatable bonds is 5. The predicted molar refractivity (Wildman–Crippen MR) is 57.5 cm³/mol. The number of hydrogen-bond acceptors (Lipinski definition) is 1. The summed E-state index contributed by atoms with van der Waals surface area (Å²) in [5.74, 6) is 0.542. The van der Waals surface area contributed by atoms with E-state index in [0.29, 0.717) is 5.92 Å². The van der Waals surface area contributed by atoms with E-state index in [9.17, 15) is 0 Å². The van der Waals surface area contributed by atoms with Crippen LogP contribution in [0, 0.1) is 5.92 Å². The van der Waals surface area contributed by atoms with Crippen molar-refractivity contribution in [2.45, 2.75) is 12.8 Å². The Hall–Kier alpha value is -1.08. The molecule has 1 rings (SSSR count). The van der Waals surface area contributed by atoms with Crippen LogP contribution < -0.4 is 5.73 Å². The summed E-state index contributed by atoms with van der Waals surface area (Å²) in [5.41, 5.74) is 7.02. The number of nitrogens with two attached hydrogens (primary N) is 1. The molecule has 0 aromatic heterocycles. The Kier molecular flexibility index (Phi) is 4.27. The second-order valence-corrected chi connectivity index (χ2v) is 3.32. The lowest BCUT2D eigenvalue weighted by Crippen LogP contribution is -2.16. The fourth-order valence-corrected chi connectivity index (χ4v) is 1.45. The molecule has 0 radical (unpaired) electrons. The summed E-state index contributed by atoms with van der Waals surface area (Å²) < 4.78 is 0. The lowest BCUT2D eigenvalue weighted by molar-refractivity contribution is 0.544. The van der Waals surface area contributed by atoms with Gasteiger partial charge in [-0.05, 0) is 30.9 Å². The molecule has 0 bridgehead atoms. The Bertz CT molecular complexity index is 241. The molecular formula is C12H17N. The Balaban J connectivity index is 2.51. The van der Waals surface area contributed by atoms with E-state index in [0.717, 1.165) is 19.4 Å². The van der Waals surface area contributed by atoms with Gasteiger partial charge in [-0.1, -0.05) is 36.4 Å². The Morgan fingerprint density at radius 1 is 1.31 bits per heavy atom. The quantitative estimate of drug-likeness (QED) is 0.683. The van der Waals surface area contributed by atoms with Crippen LogP contribution >= 0.6 is 0 Å². The third-order valence-corrected chi connectivity index (χ3v) is 2.20. The van der Waals surface area contributed by atoms with Gasteiger partial charge in [0.1, 0.15) is 0 Å². The molecule has 1 aromatic carbocycles. The van der Waals surface area contributed by atoms with Gasteiger partial charge in [0.15, 0.2) is 0 Å². The third kappa shape index (κ3) is 3.43. The average molecular weight is 175 g/mol. The Morgan fingerprint density at radius 2 is 2.00 bits per heavy atom. The minimum Gasteiger partial charge on any atom is -0.330 e. The van der Waals surface area contributed by atoms with Crippen LogP contribution in [0.4, 0.5) is 0 Å². The first-order valence-corrected chi connectivity index (χ1v) is 4.71.